The highest BCUT2D eigenvalue weighted by molar-refractivity contribution is 5.85. The van der Waals surface area contributed by atoms with E-state index in [1.165, 1.54) is 0 Å². The maximum absolute atomic E-state index is 12.3. The Balaban J connectivity index is 1.83. The van der Waals surface area contributed by atoms with Crippen molar-refractivity contribution in [2.24, 2.45) is 0 Å². The first-order valence-corrected chi connectivity index (χ1v) is 8.97. The summed E-state index contributed by atoms with van der Waals surface area (Å²) in [7, 11) is 1.62. The fourth-order valence-corrected chi connectivity index (χ4v) is 2.65. The second kappa shape index (κ2) is 8.89. The number of ether oxygens (including phenoxy) is 2. The third kappa shape index (κ3) is 4.88. The van der Waals surface area contributed by atoms with Crippen LogP contribution in [0.15, 0.2) is 60.7 Å². The molecule has 3 aromatic rings. The Labute approximate surface area is 158 Å². The van der Waals surface area contributed by atoms with E-state index in [0.717, 1.165) is 36.4 Å². The lowest BCUT2D eigenvalue weighted by Gasteiger charge is -2.10. The van der Waals surface area contributed by atoms with Gasteiger partial charge in [-0.1, -0.05) is 31.5 Å². The van der Waals surface area contributed by atoms with Crippen molar-refractivity contribution in [3.05, 3.63) is 66.4 Å². The Morgan fingerprint density at radius 3 is 2.48 bits per heavy atom. The quantitative estimate of drug-likeness (QED) is 0.651. The van der Waals surface area contributed by atoms with Crippen LogP contribution in [-0.2, 0) is 6.42 Å². The molecule has 0 radical (unpaired) electrons. The highest BCUT2D eigenvalue weighted by Gasteiger charge is 2.14. The average molecular weight is 365 g/mol. The second-order valence-electron chi connectivity index (χ2n) is 6.06. The number of nitrogens with zero attached hydrogens (tertiary/aromatic N) is 2. The summed E-state index contributed by atoms with van der Waals surface area (Å²) in [4.78, 5) is 12.3. The molecule has 0 aliphatic heterocycles. The fraction of sp³-hybridized carbons (Fsp3) is 0.238. The molecule has 0 unspecified atom stereocenters. The van der Waals surface area contributed by atoms with Crippen molar-refractivity contribution < 1.29 is 14.3 Å². The highest BCUT2D eigenvalue weighted by Crippen LogP contribution is 2.21. The van der Waals surface area contributed by atoms with E-state index >= 15 is 0 Å². The average Bonchev–Trinajstić information content (AvgIpc) is 3.09. The number of carbonyl (C=O) groups is 1. The Morgan fingerprint density at radius 1 is 1.07 bits per heavy atom. The van der Waals surface area contributed by atoms with Gasteiger partial charge in [-0.05, 0) is 49.2 Å². The first-order chi connectivity index (χ1) is 13.2. The van der Waals surface area contributed by atoms with Gasteiger partial charge in [-0.3, -0.25) is 5.32 Å². The first kappa shape index (κ1) is 18.5. The topological polar surface area (TPSA) is 65.4 Å². The summed E-state index contributed by atoms with van der Waals surface area (Å²) in [5, 5.41) is 7.43. The molecule has 0 saturated heterocycles. The molecule has 1 aromatic heterocycles. The number of rotatable bonds is 7. The molecule has 1 heterocycles. The molecule has 3 rings (SSSR count). The lowest BCUT2D eigenvalue weighted by atomic mass is 10.2. The van der Waals surface area contributed by atoms with E-state index in [9.17, 15) is 4.79 Å². The van der Waals surface area contributed by atoms with Crippen LogP contribution in [0.5, 0.6) is 11.5 Å². The molecule has 0 atom stereocenters. The molecule has 1 N–H and O–H groups in total. The van der Waals surface area contributed by atoms with Gasteiger partial charge < -0.3 is 9.47 Å². The van der Waals surface area contributed by atoms with E-state index in [0.29, 0.717) is 11.6 Å². The highest BCUT2D eigenvalue weighted by atomic mass is 16.6. The summed E-state index contributed by atoms with van der Waals surface area (Å²) in [6.07, 6.45) is 2.40. The summed E-state index contributed by atoms with van der Waals surface area (Å²) < 4.78 is 12.2. The monoisotopic (exact) mass is 365 g/mol. The predicted molar refractivity (Wildman–Crippen MR) is 105 cm³/mol. The lowest BCUT2D eigenvalue weighted by Crippen LogP contribution is -2.19. The molecular weight excluding hydrogens is 342 g/mol. The zero-order chi connectivity index (χ0) is 19.1. The van der Waals surface area contributed by atoms with E-state index in [1.54, 1.807) is 23.9 Å². The number of benzene rings is 2. The number of unbranched alkanes of at least 4 members (excludes halogenated alkanes) is 1. The lowest BCUT2D eigenvalue weighted by molar-refractivity contribution is 0.215. The standard InChI is InChI=1S/C21H23N3O3/c1-3-4-8-16-15-20(22-21(25)27-19-9-6-5-7-10-19)24(23-16)17-11-13-18(26-2)14-12-17/h5-7,9-15H,3-4,8H2,1-2H3,(H,22,25). The maximum atomic E-state index is 12.3. The molecule has 27 heavy (non-hydrogen) atoms. The van der Waals surface area contributed by atoms with Gasteiger partial charge in [0.1, 0.15) is 17.3 Å². The molecule has 1 amide bonds. The van der Waals surface area contributed by atoms with Gasteiger partial charge >= 0.3 is 6.09 Å². The van der Waals surface area contributed by atoms with Gasteiger partial charge in [0.25, 0.3) is 0 Å². The SMILES string of the molecule is CCCCc1cc(NC(=O)Oc2ccccc2)n(-c2ccc(OC)cc2)n1. The van der Waals surface area contributed by atoms with Gasteiger partial charge in [0.15, 0.2) is 0 Å². The molecule has 140 valence electrons. The third-order valence-corrected chi connectivity index (χ3v) is 4.05. The van der Waals surface area contributed by atoms with Gasteiger partial charge in [0.05, 0.1) is 18.5 Å². The minimum absolute atomic E-state index is 0.483. The minimum Gasteiger partial charge on any atom is -0.497 e. The van der Waals surface area contributed by atoms with Crippen molar-refractivity contribution in [1.82, 2.24) is 9.78 Å². The number of aryl methyl sites for hydroxylation is 1. The fourth-order valence-electron chi connectivity index (χ4n) is 2.65. The molecule has 0 aliphatic carbocycles. The van der Waals surface area contributed by atoms with E-state index < -0.39 is 6.09 Å². The Bertz CT molecular complexity index is 873. The van der Waals surface area contributed by atoms with Crippen molar-refractivity contribution in [2.45, 2.75) is 26.2 Å². The van der Waals surface area contributed by atoms with Crippen LogP contribution in [0.4, 0.5) is 10.6 Å². The van der Waals surface area contributed by atoms with Gasteiger partial charge in [-0.25, -0.2) is 9.48 Å². The van der Waals surface area contributed by atoms with Crippen LogP contribution in [0.3, 0.4) is 0 Å². The first-order valence-electron chi connectivity index (χ1n) is 8.97. The van der Waals surface area contributed by atoms with Gasteiger partial charge in [0.2, 0.25) is 0 Å². The van der Waals surface area contributed by atoms with Crippen LogP contribution >= 0.6 is 0 Å². The summed E-state index contributed by atoms with van der Waals surface area (Å²) in [5.41, 5.74) is 1.75. The second-order valence-corrected chi connectivity index (χ2v) is 6.06. The number of methoxy groups -OCH3 is 1. The number of aromatic nitrogens is 2. The number of para-hydroxylation sites is 1. The zero-order valence-corrected chi connectivity index (χ0v) is 15.5. The van der Waals surface area contributed by atoms with Crippen molar-refractivity contribution >= 4 is 11.9 Å². The number of carbonyl (C=O) groups excluding carboxylic acids is 1. The summed E-state index contributed by atoms with van der Waals surface area (Å²) in [6.45, 7) is 2.14. The number of anilines is 1. The molecule has 0 fully saturated rings. The largest absolute Gasteiger partial charge is 0.497 e. The maximum Gasteiger partial charge on any atom is 0.418 e. The van der Waals surface area contributed by atoms with Gasteiger partial charge in [-0.15, -0.1) is 0 Å². The molecule has 2 aromatic carbocycles. The van der Waals surface area contributed by atoms with Gasteiger partial charge in [0, 0.05) is 6.07 Å². The third-order valence-electron chi connectivity index (χ3n) is 4.05. The van der Waals surface area contributed by atoms with E-state index in [2.05, 4.69) is 17.3 Å². The number of nitrogens with one attached hydrogen (secondary N) is 1. The molecule has 0 saturated carbocycles. The number of hydrogen-bond donors (Lipinski definition) is 1. The van der Waals surface area contributed by atoms with Crippen LogP contribution in [0, 0.1) is 0 Å². The Kier molecular flexibility index (Phi) is 6.10. The van der Waals surface area contributed by atoms with Crippen molar-refractivity contribution in [3.63, 3.8) is 0 Å². The van der Waals surface area contributed by atoms with E-state index in [4.69, 9.17) is 9.47 Å². The number of amides is 1. The Morgan fingerprint density at radius 2 is 1.81 bits per heavy atom. The predicted octanol–water partition coefficient (Wildman–Crippen LogP) is 4.83. The molecule has 0 aliphatic rings. The number of hydrogen-bond acceptors (Lipinski definition) is 4. The van der Waals surface area contributed by atoms with Crippen LogP contribution in [0.2, 0.25) is 0 Å². The molecule has 0 bridgehead atoms. The Hall–Kier alpha value is -3.28. The van der Waals surface area contributed by atoms with Crippen LogP contribution in [0.25, 0.3) is 5.69 Å². The van der Waals surface area contributed by atoms with Crippen LogP contribution < -0.4 is 14.8 Å². The zero-order valence-electron chi connectivity index (χ0n) is 15.5. The van der Waals surface area contributed by atoms with Crippen LogP contribution in [-0.4, -0.2) is 23.0 Å². The summed E-state index contributed by atoms with van der Waals surface area (Å²) in [5.74, 6) is 1.80. The summed E-state index contributed by atoms with van der Waals surface area (Å²) in [6, 6.07) is 18.3. The van der Waals surface area contributed by atoms with Crippen molar-refractivity contribution in [1.29, 1.82) is 0 Å². The van der Waals surface area contributed by atoms with Crippen molar-refractivity contribution in [3.8, 4) is 17.2 Å². The normalized spacial score (nSPS) is 10.4. The molecule has 6 nitrogen and oxygen atoms in total. The summed E-state index contributed by atoms with van der Waals surface area (Å²) >= 11 is 0. The van der Waals surface area contributed by atoms with E-state index in [-0.39, 0.29) is 0 Å². The minimum atomic E-state index is -0.557. The molecule has 0 spiro atoms. The van der Waals surface area contributed by atoms with Gasteiger partial charge in [-0.2, -0.15) is 5.10 Å². The van der Waals surface area contributed by atoms with Crippen molar-refractivity contribution in [2.75, 3.05) is 12.4 Å². The van der Waals surface area contributed by atoms with E-state index in [1.807, 2.05) is 48.5 Å². The van der Waals surface area contributed by atoms with Crippen LogP contribution in [0.1, 0.15) is 25.5 Å². The molecule has 6 heteroatoms. The smallest absolute Gasteiger partial charge is 0.418 e. The molecular formula is C21H23N3O3.